The molecule has 5 nitrogen and oxygen atoms in total. The molecule has 0 unspecified atom stereocenters. The van der Waals surface area contributed by atoms with E-state index < -0.39 is 12.1 Å². The minimum Gasteiger partial charge on any atom is -0.467 e. The molecule has 0 aromatic rings. The van der Waals surface area contributed by atoms with Crippen LogP contribution in [0.1, 0.15) is 13.3 Å². The molecule has 1 heterocycles. The Balaban J connectivity index is 2.65. The Labute approximate surface area is 95.0 Å². The second-order valence-electron chi connectivity index (χ2n) is 3.90. The van der Waals surface area contributed by atoms with Crippen LogP contribution in [-0.2, 0) is 14.3 Å². The summed E-state index contributed by atoms with van der Waals surface area (Å²) in [4.78, 5) is 24.5. The average molecular weight is 227 g/mol. The number of amides is 1. The maximum Gasteiger partial charge on any atom is 0.410 e. The molecule has 5 heteroatoms. The van der Waals surface area contributed by atoms with E-state index in [1.54, 1.807) is 0 Å². The van der Waals surface area contributed by atoms with Crippen LogP contribution in [0, 0.1) is 5.92 Å². The summed E-state index contributed by atoms with van der Waals surface area (Å²) in [5.41, 5.74) is 0. The zero-order chi connectivity index (χ0) is 12.1. The van der Waals surface area contributed by atoms with Gasteiger partial charge in [0, 0.05) is 6.54 Å². The third-order valence-electron chi connectivity index (χ3n) is 2.54. The van der Waals surface area contributed by atoms with E-state index in [1.165, 1.54) is 18.1 Å². The van der Waals surface area contributed by atoms with Crippen LogP contribution in [0.15, 0.2) is 12.7 Å². The van der Waals surface area contributed by atoms with Gasteiger partial charge in [-0.2, -0.15) is 0 Å². The zero-order valence-electron chi connectivity index (χ0n) is 9.64. The number of likely N-dealkylation sites (tertiary alicyclic amines) is 1. The highest BCUT2D eigenvalue weighted by molar-refractivity contribution is 5.82. The molecule has 0 aromatic carbocycles. The van der Waals surface area contributed by atoms with Gasteiger partial charge in [-0.3, -0.25) is 4.90 Å². The van der Waals surface area contributed by atoms with Crippen molar-refractivity contribution in [3.8, 4) is 0 Å². The summed E-state index contributed by atoms with van der Waals surface area (Å²) in [5, 5.41) is 0. The summed E-state index contributed by atoms with van der Waals surface area (Å²) >= 11 is 0. The number of hydrogen-bond donors (Lipinski definition) is 0. The third-order valence-corrected chi connectivity index (χ3v) is 2.54. The van der Waals surface area contributed by atoms with Gasteiger partial charge in [-0.15, -0.1) is 0 Å². The average Bonchev–Trinajstić information content (AvgIpc) is 2.67. The molecule has 0 spiro atoms. The molecule has 1 saturated heterocycles. The van der Waals surface area contributed by atoms with Gasteiger partial charge < -0.3 is 9.47 Å². The molecular weight excluding hydrogens is 210 g/mol. The number of methoxy groups -OCH3 is 1. The molecule has 1 rings (SSSR count). The van der Waals surface area contributed by atoms with Gasteiger partial charge in [-0.05, 0) is 12.3 Å². The summed E-state index contributed by atoms with van der Waals surface area (Å²) in [7, 11) is 1.32. The molecule has 0 aliphatic carbocycles. The Morgan fingerprint density at radius 2 is 2.25 bits per heavy atom. The molecule has 1 amide bonds. The first kappa shape index (κ1) is 12.5. The van der Waals surface area contributed by atoms with Crippen LogP contribution in [0.25, 0.3) is 0 Å². The molecule has 0 N–H and O–H groups in total. The van der Waals surface area contributed by atoms with Gasteiger partial charge in [0.1, 0.15) is 12.6 Å². The van der Waals surface area contributed by atoms with Gasteiger partial charge in [0.25, 0.3) is 0 Å². The Bertz CT molecular complexity index is 290. The fraction of sp³-hybridized carbons (Fsp3) is 0.636. The van der Waals surface area contributed by atoms with Crippen molar-refractivity contribution in [1.82, 2.24) is 4.90 Å². The van der Waals surface area contributed by atoms with Crippen molar-refractivity contribution < 1.29 is 19.1 Å². The van der Waals surface area contributed by atoms with Gasteiger partial charge in [0.15, 0.2) is 0 Å². The first-order valence-electron chi connectivity index (χ1n) is 5.22. The predicted molar refractivity (Wildman–Crippen MR) is 57.8 cm³/mol. The smallest absolute Gasteiger partial charge is 0.410 e. The van der Waals surface area contributed by atoms with Crippen molar-refractivity contribution in [2.45, 2.75) is 19.4 Å². The minimum absolute atomic E-state index is 0.150. The zero-order valence-corrected chi connectivity index (χ0v) is 9.64. The largest absolute Gasteiger partial charge is 0.467 e. The van der Waals surface area contributed by atoms with E-state index in [9.17, 15) is 9.59 Å². The summed E-state index contributed by atoms with van der Waals surface area (Å²) < 4.78 is 9.57. The Kier molecular flexibility index (Phi) is 4.34. The first-order chi connectivity index (χ1) is 7.60. The maximum atomic E-state index is 11.6. The number of hydrogen-bond acceptors (Lipinski definition) is 4. The first-order valence-corrected chi connectivity index (χ1v) is 5.22. The van der Waals surface area contributed by atoms with Gasteiger partial charge in [-0.25, -0.2) is 9.59 Å². The molecule has 1 fully saturated rings. The van der Waals surface area contributed by atoms with E-state index in [0.29, 0.717) is 13.0 Å². The summed E-state index contributed by atoms with van der Waals surface area (Å²) in [6.07, 6.45) is 1.63. The van der Waals surface area contributed by atoms with Crippen LogP contribution in [0.3, 0.4) is 0 Å². The second-order valence-corrected chi connectivity index (χ2v) is 3.90. The lowest BCUT2D eigenvalue weighted by Crippen LogP contribution is -2.41. The molecule has 90 valence electrons. The van der Waals surface area contributed by atoms with Crippen LogP contribution in [-0.4, -0.2) is 43.3 Å². The SMILES string of the molecule is C=CCOC(=O)N1C[C@@H](C)C[C@H]1C(=O)OC. The normalized spacial score (nSPS) is 24.0. The lowest BCUT2D eigenvalue weighted by Gasteiger charge is -2.21. The highest BCUT2D eigenvalue weighted by Crippen LogP contribution is 2.24. The van der Waals surface area contributed by atoms with Crippen molar-refractivity contribution >= 4 is 12.1 Å². The molecule has 0 saturated carbocycles. The minimum atomic E-state index is -0.516. The number of ether oxygens (including phenoxy) is 2. The number of carbonyl (C=O) groups excluding carboxylic acids is 2. The number of rotatable bonds is 3. The lowest BCUT2D eigenvalue weighted by atomic mass is 10.1. The summed E-state index contributed by atoms with van der Waals surface area (Å²) in [5.74, 6) is -0.111. The van der Waals surface area contributed by atoms with E-state index in [4.69, 9.17) is 4.74 Å². The predicted octanol–water partition coefficient (Wildman–Crippen LogP) is 1.19. The van der Waals surface area contributed by atoms with Crippen LogP contribution in [0.5, 0.6) is 0 Å². The highest BCUT2D eigenvalue weighted by Gasteiger charge is 2.39. The van der Waals surface area contributed by atoms with E-state index >= 15 is 0 Å². The molecule has 1 aliphatic rings. The van der Waals surface area contributed by atoms with Gasteiger partial charge in [-0.1, -0.05) is 19.6 Å². The van der Waals surface area contributed by atoms with Crippen LogP contribution in [0.4, 0.5) is 4.79 Å². The molecule has 2 atom stereocenters. The van der Waals surface area contributed by atoms with Crippen molar-refractivity contribution in [2.24, 2.45) is 5.92 Å². The number of esters is 1. The van der Waals surface area contributed by atoms with E-state index in [2.05, 4.69) is 11.3 Å². The molecular formula is C11H17NO4. The lowest BCUT2D eigenvalue weighted by molar-refractivity contribution is -0.145. The second kappa shape index (κ2) is 5.53. The summed E-state index contributed by atoms with van der Waals surface area (Å²) in [6, 6.07) is -0.516. The summed E-state index contributed by atoms with van der Waals surface area (Å²) in [6.45, 7) is 6.11. The molecule has 1 aliphatic heterocycles. The van der Waals surface area contributed by atoms with Gasteiger partial charge >= 0.3 is 12.1 Å². The van der Waals surface area contributed by atoms with Crippen molar-refractivity contribution in [2.75, 3.05) is 20.3 Å². The Morgan fingerprint density at radius 3 is 2.81 bits per heavy atom. The van der Waals surface area contributed by atoms with Crippen molar-refractivity contribution in [3.05, 3.63) is 12.7 Å². The molecule has 0 aromatic heterocycles. The molecule has 0 bridgehead atoms. The quantitative estimate of drug-likeness (QED) is 0.537. The van der Waals surface area contributed by atoms with Crippen LogP contribution in [0.2, 0.25) is 0 Å². The van der Waals surface area contributed by atoms with E-state index in [-0.39, 0.29) is 18.5 Å². The van der Waals surface area contributed by atoms with Crippen LogP contribution >= 0.6 is 0 Å². The molecule has 0 radical (unpaired) electrons. The topological polar surface area (TPSA) is 55.8 Å². The van der Waals surface area contributed by atoms with Gasteiger partial charge in [0.05, 0.1) is 7.11 Å². The van der Waals surface area contributed by atoms with Crippen molar-refractivity contribution in [1.29, 1.82) is 0 Å². The fourth-order valence-corrected chi connectivity index (χ4v) is 1.82. The third kappa shape index (κ3) is 2.74. The number of nitrogens with zero attached hydrogens (tertiary/aromatic N) is 1. The van der Waals surface area contributed by atoms with E-state index in [0.717, 1.165) is 0 Å². The van der Waals surface area contributed by atoms with E-state index in [1.807, 2.05) is 6.92 Å². The standard InChI is InChI=1S/C11H17NO4/c1-4-5-16-11(14)12-7-8(2)6-9(12)10(13)15-3/h4,8-9H,1,5-7H2,2-3H3/t8-,9-/m0/s1. The Morgan fingerprint density at radius 1 is 1.56 bits per heavy atom. The van der Waals surface area contributed by atoms with Crippen molar-refractivity contribution in [3.63, 3.8) is 0 Å². The number of carbonyl (C=O) groups is 2. The fourth-order valence-electron chi connectivity index (χ4n) is 1.82. The maximum absolute atomic E-state index is 11.6. The molecule has 16 heavy (non-hydrogen) atoms. The monoisotopic (exact) mass is 227 g/mol. The highest BCUT2D eigenvalue weighted by atomic mass is 16.6. The Hall–Kier alpha value is -1.52. The van der Waals surface area contributed by atoms with Crippen LogP contribution < -0.4 is 0 Å². The van der Waals surface area contributed by atoms with Gasteiger partial charge in [0.2, 0.25) is 0 Å².